The van der Waals surface area contributed by atoms with Gasteiger partial charge < -0.3 is 4.90 Å². The summed E-state index contributed by atoms with van der Waals surface area (Å²) in [5.41, 5.74) is 6.15. The maximum Gasteiger partial charge on any atom is 0.0623 e. The molecule has 1 heterocycles. The molecule has 0 aromatic heterocycles. The second-order valence-electron chi connectivity index (χ2n) is 6.25. The highest BCUT2D eigenvalue weighted by Crippen LogP contribution is 2.51. The zero-order chi connectivity index (χ0) is 16.0. The van der Waals surface area contributed by atoms with Gasteiger partial charge in [0.2, 0.25) is 0 Å². The molecule has 0 unspecified atom stereocenters. The van der Waals surface area contributed by atoms with Crippen molar-refractivity contribution in [1.29, 1.82) is 0 Å². The number of nitrogens with zero attached hydrogens (tertiary/aromatic N) is 1. The summed E-state index contributed by atoms with van der Waals surface area (Å²) in [6, 6.07) is 25.5. The van der Waals surface area contributed by atoms with Crippen LogP contribution in [0.4, 0.5) is 17.1 Å². The molecule has 0 spiro atoms. The average molecular weight is 286 g/mol. The molecule has 0 amide bonds. The maximum atomic E-state index is 7.74. The van der Waals surface area contributed by atoms with Gasteiger partial charge in [-0.2, -0.15) is 0 Å². The quantitative estimate of drug-likeness (QED) is 0.547. The Labute approximate surface area is 133 Å². The van der Waals surface area contributed by atoms with Crippen LogP contribution < -0.4 is 4.90 Å². The van der Waals surface area contributed by atoms with E-state index in [0.717, 1.165) is 5.69 Å². The normalized spacial score (nSPS) is 15.7. The maximum absolute atomic E-state index is 7.74. The molecule has 0 saturated carbocycles. The van der Waals surface area contributed by atoms with E-state index < -0.39 is 0 Å². The molecule has 3 aromatic rings. The van der Waals surface area contributed by atoms with Crippen molar-refractivity contribution in [2.45, 2.75) is 19.3 Å². The molecule has 108 valence electrons. The second kappa shape index (κ2) is 4.74. The van der Waals surface area contributed by atoms with Crippen molar-refractivity contribution in [3.63, 3.8) is 0 Å². The lowest BCUT2D eigenvalue weighted by Crippen LogP contribution is -2.30. The highest BCUT2D eigenvalue weighted by atomic mass is 15.2. The Morgan fingerprint density at radius 1 is 0.727 bits per heavy atom. The second-order valence-corrected chi connectivity index (χ2v) is 6.25. The number of anilines is 3. The van der Waals surface area contributed by atoms with Crippen molar-refractivity contribution in [2.24, 2.45) is 0 Å². The van der Waals surface area contributed by atoms with Crippen LogP contribution in [0.2, 0.25) is 0 Å². The molecule has 3 aromatic carbocycles. The van der Waals surface area contributed by atoms with Crippen molar-refractivity contribution in [3.8, 4) is 0 Å². The van der Waals surface area contributed by atoms with Crippen LogP contribution in [0.1, 0.15) is 26.3 Å². The lowest BCUT2D eigenvalue weighted by atomic mass is 9.73. The van der Waals surface area contributed by atoms with Gasteiger partial charge in [0.05, 0.1) is 12.7 Å². The first-order chi connectivity index (χ1) is 11.1. The number of rotatable bonds is 1. The molecule has 1 aliphatic rings. The first-order valence-corrected chi connectivity index (χ1v) is 7.65. The minimum Gasteiger partial charge on any atom is -0.310 e. The Morgan fingerprint density at radius 2 is 1.23 bits per heavy atom. The third-order valence-electron chi connectivity index (χ3n) is 4.60. The van der Waals surface area contributed by atoms with E-state index in [9.17, 15) is 0 Å². The third kappa shape index (κ3) is 1.79. The van der Waals surface area contributed by atoms with Crippen LogP contribution in [-0.4, -0.2) is 0 Å². The summed E-state index contributed by atoms with van der Waals surface area (Å²) in [4.78, 5) is 2.30. The van der Waals surface area contributed by atoms with Crippen molar-refractivity contribution in [2.75, 3.05) is 4.90 Å². The van der Waals surface area contributed by atoms with Crippen LogP contribution in [0.15, 0.2) is 78.8 Å². The first kappa shape index (κ1) is 12.0. The molecule has 0 atom stereocenters. The molecule has 0 fully saturated rings. The largest absolute Gasteiger partial charge is 0.310 e. The van der Waals surface area contributed by atoms with Crippen LogP contribution in [0.3, 0.4) is 0 Å². The number of hydrogen-bond donors (Lipinski definition) is 0. The Kier molecular flexibility index (Phi) is 2.60. The molecule has 1 heteroatoms. The Hall–Kier alpha value is -2.54. The van der Waals surface area contributed by atoms with Gasteiger partial charge in [-0.05, 0) is 35.4 Å². The Balaban J connectivity index is 2.02. The van der Waals surface area contributed by atoms with E-state index in [1.807, 2.05) is 24.3 Å². The lowest BCUT2D eigenvalue weighted by Gasteiger charge is -2.42. The summed E-state index contributed by atoms with van der Waals surface area (Å²) < 4.78 is 7.74. The highest BCUT2D eigenvalue weighted by Gasteiger charge is 2.36. The van der Waals surface area contributed by atoms with Gasteiger partial charge in [-0.1, -0.05) is 68.4 Å². The fourth-order valence-corrected chi connectivity index (χ4v) is 3.47. The van der Waals surface area contributed by atoms with E-state index in [4.69, 9.17) is 1.37 Å². The van der Waals surface area contributed by atoms with E-state index in [1.165, 1.54) is 22.5 Å². The van der Waals surface area contributed by atoms with E-state index >= 15 is 0 Å². The molecule has 4 rings (SSSR count). The summed E-state index contributed by atoms with van der Waals surface area (Å²) in [7, 11) is 0. The fraction of sp³-hybridized carbons (Fsp3) is 0.143. The summed E-state index contributed by atoms with van der Waals surface area (Å²) >= 11 is 0. The van der Waals surface area contributed by atoms with Crippen LogP contribution in [0.5, 0.6) is 0 Å². The number of para-hydroxylation sites is 3. The molecule has 0 saturated heterocycles. The highest BCUT2D eigenvalue weighted by molar-refractivity contribution is 5.85. The van der Waals surface area contributed by atoms with Gasteiger partial charge in [-0.15, -0.1) is 0 Å². The van der Waals surface area contributed by atoms with Crippen molar-refractivity contribution >= 4 is 17.1 Å². The smallest absolute Gasteiger partial charge is 0.0623 e. The predicted molar refractivity (Wildman–Crippen MR) is 93.3 cm³/mol. The SMILES string of the molecule is [2H]c1ccc(N2c3ccccc3C(C)(C)c3ccccc32)cc1. The van der Waals surface area contributed by atoms with Gasteiger partial charge in [-0.25, -0.2) is 0 Å². The summed E-state index contributed by atoms with van der Waals surface area (Å²) in [6.45, 7) is 4.57. The van der Waals surface area contributed by atoms with Crippen molar-refractivity contribution < 1.29 is 1.37 Å². The minimum absolute atomic E-state index is 0.0287. The molecule has 0 aliphatic carbocycles. The minimum atomic E-state index is -0.0287. The van der Waals surface area contributed by atoms with Gasteiger partial charge in [0.15, 0.2) is 0 Å². The van der Waals surface area contributed by atoms with E-state index in [1.54, 1.807) is 0 Å². The molecular formula is C21H19N. The summed E-state index contributed by atoms with van der Waals surface area (Å²) in [6.07, 6.45) is 0. The van der Waals surface area contributed by atoms with Crippen LogP contribution >= 0.6 is 0 Å². The van der Waals surface area contributed by atoms with Gasteiger partial charge in [-0.3, -0.25) is 0 Å². The molecule has 0 radical (unpaired) electrons. The van der Waals surface area contributed by atoms with Crippen LogP contribution in [0, 0.1) is 0 Å². The monoisotopic (exact) mass is 286 g/mol. The summed E-state index contributed by atoms with van der Waals surface area (Å²) in [5.74, 6) is 0. The van der Waals surface area contributed by atoms with E-state index in [2.05, 4.69) is 67.3 Å². The van der Waals surface area contributed by atoms with Gasteiger partial charge in [0.25, 0.3) is 0 Å². The van der Waals surface area contributed by atoms with Gasteiger partial charge in [0.1, 0.15) is 0 Å². The zero-order valence-electron chi connectivity index (χ0n) is 13.9. The fourth-order valence-electron chi connectivity index (χ4n) is 3.47. The molecule has 0 N–H and O–H groups in total. The third-order valence-corrected chi connectivity index (χ3v) is 4.60. The van der Waals surface area contributed by atoms with Crippen molar-refractivity contribution in [1.82, 2.24) is 0 Å². The first-order valence-electron chi connectivity index (χ1n) is 8.15. The molecular weight excluding hydrogens is 266 g/mol. The number of benzene rings is 3. The van der Waals surface area contributed by atoms with Crippen LogP contribution in [0.25, 0.3) is 0 Å². The van der Waals surface area contributed by atoms with Crippen molar-refractivity contribution in [3.05, 3.63) is 90.0 Å². The average Bonchev–Trinajstić information content (AvgIpc) is 2.57. The molecule has 1 aliphatic heterocycles. The van der Waals surface area contributed by atoms with Gasteiger partial charge >= 0.3 is 0 Å². The van der Waals surface area contributed by atoms with E-state index in [0.29, 0.717) is 6.04 Å². The predicted octanol–water partition coefficient (Wildman–Crippen LogP) is 5.80. The zero-order valence-corrected chi connectivity index (χ0v) is 12.9. The molecule has 1 nitrogen and oxygen atoms in total. The number of fused-ring (bicyclic) bond motifs is 2. The molecule has 22 heavy (non-hydrogen) atoms. The molecule has 0 bridgehead atoms. The van der Waals surface area contributed by atoms with E-state index in [-0.39, 0.29) is 5.41 Å². The topological polar surface area (TPSA) is 3.24 Å². The van der Waals surface area contributed by atoms with Gasteiger partial charge in [0, 0.05) is 11.1 Å². The summed E-state index contributed by atoms with van der Waals surface area (Å²) in [5, 5.41) is 0. The lowest BCUT2D eigenvalue weighted by molar-refractivity contribution is 0.632. The standard InChI is InChI=1S/C21H19N/c1-21(2)17-12-6-8-14-19(17)22(16-10-4-3-5-11-16)20-15-9-7-13-18(20)21/h3-15H,1-2H3/i3D. The Bertz CT molecular complexity index is 816. The van der Waals surface area contributed by atoms with Crippen LogP contribution in [-0.2, 0) is 5.41 Å². The Morgan fingerprint density at radius 3 is 1.77 bits per heavy atom. The number of hydrogen-bond acceptors (Lipinski definition) is 1.